The first-order valence-electron chi connectivity index (χ1n) is 9.19. The SMILES string of the molecule is CS(=O)(=O)N1CCc2ccc(NS(=O)(=O)c3ccc(N4CCCC4=O)cc3)cc21. The number of hydrogen-bond donors (Lipinski definition) is 1. The Balaban J connectivity index is 1.57. The molecule has 2 aromatic rings. The molecule has 0 bridgehead atoms. The zero-order chi connectivity index (χ0) is 20.8. The van der Waals surface area contributed by atoms with Crippen molar-refractivity contribution in [3.05, 3.63) is 48.0 Å². The van der Waals surface area contributed by atoms with Crippen molar-refractivity contribution in [3.8, 4) is 0 Å². The molecule has 2 aromatic carbocycles. The maximum Gasteiger partial charge on any atom is 0.261 e. The van der Waals surface area contributed by atoms with E-state index < -0.39 is 20.0 Å². The van der Waals surface area contributed by atoms with Gasteiger partial charge in [-0.1, -0.05) is 6.07 Å². The van der Waals surface area contributed by atoms with Crippen LogP contribution in [0.2, 0.25) is 0 Å². The molecule has 4 rings (SSSR count). The van der Waals surface area contributed by atoms with Crippen LogP contribution in [0.1, 0.15) is 18.4 Å². The molecule has 1 saturated heterocycles. The van der Waals surface area contributed by atoms with E-state index in [1.807, 2.05) is 0 Å². The second-order valence-corrected chi connectivity index (χ2v) is 10.8. The number of fused-ring (bicyclic) bond motifs is 1. The van der Waals surface area contributed by atoms with E-state index >= 15 is 0 Å². The van der Waals surface area contributed by atoms with Crippen LogP contribution in [0.5, 0.6) is 0 Å². The predicted molar refractivity (Wildman–Crippen MR) is 111 cm³/mol. The van der Waals surface area contributed by atoms with Crippen LogP contribution in [-0.4, -0.2) is 42.1 Å². The molecule has 0 spiro atoms. The molecule has 154 valence electrons. The van der Waals surface area contributed by atoms with Gasteiger partial charge in [0.1, 0.15) is 0 Å². The lowest BCUT2D eigenvalue weighted by Gasteiger charge is -2.18. The minimum atomic E-state index is -3.86. The summed E-state index contributed by atoms with van der Waals surface area (Å²) in [7, 11) is -7.28. The normalized spacial score (nSPS) is 16.9. The van der Waals surface area contributed by atoms with Crippen molar-refractivity contribution in [1.29, 1.82) is 0 Å². The molecule has 1 amide bonds. The van der Waals surface area contributed by atoms with Crippen LogP contribution in [0.15, 0.2) is 47.4 Å². The van der Waals surface area contributed by atoms with Crippen LogP contribution in [0.25, 0.3) is 0 Å². The molecule has 0 radical (unpaired) electrons. The number of carbonyl (C=O) groups is 1. The molecule has 0 unspecified atom stereocenters. The molecule has 1 fully saturated rings. The Morgan fingerprint density at radius 3 is 2.28 bits per heavy atom. The highest BCUT2D eigenvalue weighted by Crippen LogP contribution is 2.33. The second kappa shape index (κ2) is 7.03. The highest BCUT2D eigenvalue weighted by molar-refractivity contribution is 7.92. The van der Waals surface area contributed by atoms with Gasteiger partial charge in [0, 0.05) is 25.2 Å². The monoisotopic (exact) mass is 435 g/mol. The summed E-state index contributed by atoms with van der Waals surface area (Å²) >= 11 is 0. The second-order valence-electron chi connectivity index (χ2n) is 7.18. The largest absolute Gasteiger partial charge is 0.312 e. The number of nitrogens with one attached hydrogen (secondary N) is 1. The molecular weight excluding hydrogens is 414 g/mol. The molecule has 8 nitrogen and oxygen atoms in total. The summed E-state index contributed by atoms with van der Waals surface area (Å²) in [4.78, 5) is 13.5. The maximum absolute atomic E-state index is 12.8. The summed E-state index contributed by atoms with van der Waals surface area (Å²) in [6.45, 7) is 0.982. The average Bonchev–Trinajstić information content (AvgIpc) is 3.27. The molecule has 0 aliphatic carbocycles. The first kappa shape index (κ1) is 19.7. The summed E-state index contributed by atoms with van der Waals surface area (Å²) in [5.41, 5.74) is 2.32. The predicted octanol–water partition coefficient (Wildman–Crippen LogP) is 1.94. The molecule has 10 heteroatoms. The molecule has 2 heterocycles. The standard InChI is InChI=1S/C19H21N3O5S2/c1-28(24,25)22-12-10-14-4-5-15(13-18(14)22)20-29(26,27)17-8-6-16(7-9-17)21-11-2-3-19(21)23/h4-9,13,20H,2-3,10-12H2,1H3. The number of anilines is 3. The van der Waals surface area contributed by atoms with E-state index in [0.717, 1.165) is 18.2 Å². The van der Waals surface area contributed by atoms with Crippen LogP contribution in [0.4, 0.5) is 17.1 Å². The number of nitrogens with zero attached hydrogens (tertiary/aromatic N) is 2. The topological polar surface area (TPSA) is 104 Å². The lowest BCUT2D eigenvalue weighted by Crippen LogP contribution is -2.27. The molecular formula is C19H21N3O5S2. The van der Waals surface area contributed by atoms with Crippen LogP contribution in [-0.2, 0) is 31.3 Å². The number of carbonyl (C=O) groups excluding carboxylic acids is 1. The first-order valence-corrected chi connectivity index (χ1v) is 12.5. The molecule has 2 aliphatic rings. The summed E-state index contributed by atoms with van der Waals surface area (Å²) in [5, 5.41) is 0. The number of sulfonamides is 2. The molecule has 1 N–H and O–H groups in total. The van der Waals surface area contributed by atoms with Gasteiger partial charge in [0.05, 0.1) is 22.5 Å². The Kier molecular flexibility index (Phi) is 4.78. The fraction of sp³-hybridized carbons (Fsp3) is 0.316. The van der Waals surface area contributed by atoms with E-state index in [1.54, 1.807) is 29.2 Å². The van der Waals surface area contributed by atoms with Gasteiger partial charge in [0.15, 0.2) is 0 Å². The lowest BCUT2D eigenvalue weighted by molar-refractivity contribution is -0.117. The van der Waals surface area contributed by atoms with Gasteiger partial charge in [0.25, 0.3) is 10.0 Å². The van der Waals surface area contributed by atoms with Gasteiger partial charge in [-0.15, -0.1) is 0 Å². The van der Waals surface area contributed by atoms with Gasteiger partial charge in [-0.25, -0.2) is 16.8 Å². The van der Waals surface area contributed by atoms with Crippen molar-refractivity contribution < 1.29 is 21.6 Å². The van der Waals surface area contributed by atoms with E-state index in [9.17, 15) is 21.6 Å². The van der Waals surface area contributed by atoms with Gasteiger partial charge in [-0.2, -0.15) is 0 Å². The van der Waals surface area contributed by atoms with Crippen LogP contribution < -0.4 is 13.9 Å². The third kappa shape index (κ3) is 3.82. The number of hydrogen-bond acceptors (Lipinski definition) is 5. The first-order chi connectivity index (χ1) is 13.6. The van der Waals surface area contributed by atoms with Gasteiger partial charge in [-0.05, 0) is 54.8 Å². The molecule has 0 aromatic heterocycles. The van der Waals surface area contributed by atoms with Crippen LogP contribution in [0.3, 0.4) is 0 Å². The highest BCUT2D eigenvalue weighted by atomic mass is 32.2. The van der Waals surface area contributed by atoms with E-state index in [4.69, 9.17) is 0 Å². The molecule has 2 aliphatic heterocycles. The zero-order valence-electron chi connectivity index (χ0n) is 15.8. The number of rotatable bonds is 5. The van der Waals surface area contributed by atoms with E-state index in [1.165, 1.54) is 22.5 Å². The van der Waals surface area contributed by atoms with Crippen molar-refractivity contribution in [2.75, 3.05) is 33.3 Å². The summed E-state index contributed by atoms with van der Waals surface area (Å²) in [5.74, 6) is 0.0345. The van der Waals surface area contributed by atoms with Gasteiger partial charge < -0.3 is 4.90 Å². The zero-order valence-corrected chi connectivity index (χ0v) is 17.5. The Hall–Kier alpha value is -2.59. The van der Waals surface area contributed by atoms with Crippen molar-refractivity contribution in [1.82, 2.24) is 0 Å². The van der Waals surface area contributed by atoms with Gasteiger partial charge in [0.2, 0.25) is 15.9 Å². The third-order valence-electron chi connectivity index (χ3n) is 5.12. The Morgan fingerprint density at radius 1 is 0.931 bits per heavy atom. The van der Waals surface area contributed by atoms with E-state index in [-0.39, 0.29) is 16.5 Å². The van der Waals surface area contributed by atoms with E-state index in [2.05, 4.69) is 4.72 Å². The molecule has 0 saturated carbocycles. The summed E-state index contributed by atoms with van der Waals surface area (Å²) in [6, 6.07) is 11.1. The quantitative estimate of drug-likeness (QED) is 0.773. The summed E-state index contributed by atoms with van der Waals surface area (Å²) in [6.07, 6.45) is 3.02. The number of benzene rings is 2. The van der Waals surface area contributed by atoms with Crippen molar-refractivity contribution in [2.24, 2.45) is 0 Å². The van der Waals surface area contributed by atoms with Gasteiger partial charge >= 0.3 is 0 Å². The lowest BCUT2D eigenvalue weighted by atomic mass is 10.1. The average molecular weight is 436 g/mol. The van der Waals surface area contributed by atoms with E-state index in [0.29, 0.717) is 37.3 Å². The minimum absolute atomic E-state index is 0.0345. The highest BCUT2D eigenvalue weighted by Gasteiger charge is 2.27. The summed E-state index contributed by atoms with van der Waals surface area (Å²) < 4.78 is 53.2. The Bertz CT molecular complexity index is 1170. The van der Waals surface area contributed by atoms with Crippen molar-refractivity contribution in [2.45, 2.75) is 24.2 Å². The van der Waals surface area contributed by atoms with Crippen LogP contribution in [0, 0.1) is 0 Å². The Morgan fingerprint density at radius 2 is 1.66 bits per heavy atom. The minimum Gasteiger partial charge on any atom is -0.312 e. The molecule has 0 atom stereocenters. The molecule has 29 heavy (non-hydrogen) atoms. The maximum atomic E-state index is 12.8. The Labute approximate surface area is 170 Å². The van der Waals surface area contributed by atoms with Gasteiger partial charge in [-0.3, -0.25) is 13.8 Å². The van der Waals surface area contributed by atoms with Crippen LogP contribution >= 0.6 is 0 Å². The number of amides is 1. The van der Waals surface area contributed by atoms with Crippen molar-refractivity contribution >= 4 is 43.0 Å². The fourth-order valence-corrected chi connectivity index (χ4v) is 5.70. The smallest absolute Gasteiger partial charge is 0.261 e. The fourth-order valence-electron chi connectivity index (χ4n) is 3.70. The third-order valence-corrected chi connectivity index (χ3v) is 7.70. The van der Waals surface area contributed by atoms with Crippen molar-refractivity contribution in [3.63, 3.8) is 0 Å².